The fourth-order valence-electron chi connectivity index (χ4n) is 1.90. The van der Waals surface area contributed by atoms with Crippen LogP contribution < -0.4 is 4.74 Å². The van der Waals surface area contributed by atoms with Crippen LogP contribution in [0.5, 0.6) is 5.75 Å². The van der Waals surface area contributed by atoms with Gasteiger partial charge in [-0.15, -0.1) is 0 Å². The topological polar surface area (TPSA) is 26.3 Å². The van der Waals surface area contributed by atoms with Crippen LogP contribution in [0.2, 0.25) is 5.02 Å². The third-order valence-electron chi connectivity index (χ3n) is 3.02. The molecule has 0 N–H and O–H groups in total. The summed E-state index contributed by atoms with van der Waals surface area (Å²) in [5.74, 6) is 0.271. The van der Waals surface area contributed by atoms with E-state index in [0.717, 1.165) is 12.2 Å². The van der Waals surface area contributed by atoms with Crippen molar-refractivity contribution in [3.63, 3.8) is 0 Å². The molecular weight excluding hydrogens is 291 g/mol. The van der Waals surface area contributed by atoms with Gasteiger partial charge < -0.3 is 4.74 Å². The molecule has 0 atom stereocenters. The first-order valence-corrected chi connectivity index (χ1v) is 7.18. The highest BCUT2D eigenvalue weighted by Crippen LogP contribution is 2.20. The van der Waals surface area contributed by atoms with Crippen molar-refractivity contribution in [2.24, 2.45) is 0 Å². The number of hydrogen-bond donors (Lipinski definition) is 0. The Balaban J connectivity index is 2.06. The first-order valence-electron chi connectivity index (χ1n) is 6.80. The maximum absolute atomic E-state index is 13.0. The van der Waals surface area contributed by atoms with Crippen molar-refractivity contribution in [1.29, 1.82) is 0 Å². The molecule has 0 bridgehead atoms. The van der Waals surface area contributed by atoms with Crippen molar-refractivity contribution < 1.29 is 13.9 Å². The van der Waals surface area contributed by atoms with Gasteiger partial charge in [-0.05, 0) is 48.4 Å². The molecule has 4 heteroatoms. The Kier molecular flexibility index (Phi) is 5.34. The number of halogens is 2. The second kappa shape index (κ2) is 7.23. The van der Waals surface area contributed by atoms with E-state index >= 15 is 0 Å². The molecule has 0 saturated heterocycles. The van der Waals surface area contributed by atoms with E-state index in [1.54, 1.807) is 24.3 Å². The van der Waals surface area contributed by atoms with Crippen LogP contribution in [0.1, 0.15) is 29.3 Å². The molecule has 0 unspecified atom stereocenters. The summed E-state index contributed by atoms with van der Waals surface area (Å²) < 4.78 is 18.4. The third-order valence-corrected chi connectivity index (χ3v) is 3.37. The van der Waals surface area contributed by atoms with Gasteiger partial charge in [0.15, 0.2) is 5.78 Å². The Morgan fingerprint density at radius 1 is 1.19 bits per heavy atom. The van der Waals surface area contributed by atoms with Crippen LogP contribution >= 0.6 is 11.6 Å². The molecule has 21 heavy (non-hydrogen) atoms. The van der Waals surface area contributed by atoms with Gasteiger partial charge in [-0.2, -0.15) is 0 Å². The zero-order chi connectivity index (χ0) is 15.2. The molecule has 0 aromatic heterocycles. The summed E-state index contributed by atoms with van der Waals surface area (Å²) >= 11 is 5.93. The van der Waals surface area contributed by atoms with Crippen molar-refractivity contribution in [2.75, 3.05) is 6.61 Å². The fourth-order valence-corrected chi connectivity index (χ4v) is 2.13. The van der Waals surface area contributed by atoms with E-state index in [9.17, 15) is 9.18 Å². The molecule has 2 nitrogen and oxygen atoms in total. The monoisotopic (exact) mass is 306 g/mol. The van der Waals surface area contributed by atoms with Gasteiger partial charge in [0, 0.05) is 17.0 Å². The first kappa shape index (κ1) is 15.5. The molecule has 0 aliphatic rings. The Morgan fingerprint density at radius 2 is 1.90 bits per heavy atom. The predicted molar refractivity (Wildman–Crippen MR) is 81.7 cm³/mol. The van der Waals surface area contributed by atoms with E-state index in [0.29, 0.717) is 17.7 Å². The maximum Gasteiger partial charge on any atom is 0.167 e. The highest BCUT2D eigenvalue weighted by atomic mass is 35.5. The Morgan fingerprint density at radius 3 is 2.52 bits per heavy atom. The van der Waals surface area contributed by atoms with Crippen molar-refractivity contribution >= 4 is 17.4 Å². The van der Waals surface area contributed by atoms with Crippen LogP contribution in [0.25, 0.3) is 0 Å². The first-order chi connectivity index (χ1) is 10.1. The van der Waals surface area contributed by atoms with E-state index in [1.807, 2.05) is 6.92 Å². The molecule has 2 rings (SSSR count). The number of benzene rings is 2. The van der Waals surface area contributed by atoms with E-state index in [1.165, 1.54) is 18.2 Å². The molecule has 110 valence electrons. The lowest BCUT2D eigenvalue weighted by Gasteiger charge is -2.06. The molecule has 0 saturated carbocycles. The Bertz CT molecular complexity index is 623. The van der Waals surface area contributed by atoms with Crippen LogP contribution in [-0.2, 0) is 6.42 Å². The van der Waals surface area contributed by atoms with Crippen LogP contribution in [0, 0.1) is 5.82 Å². The number of ether oxygens (including phenoxy) is 1. The molecule has 0 radical (unpaired) electrons. The second-order valence-corrected chi connectivity index (χ2v) is 5.12. The second-order valence-electron chi connectivity index (χ2n) is 4.71. The van der Waals surface area contributed by atoms with Gasteiger partial charge in [-0.25, -0.2) is 4.39 Å². The highest BCUT2D eigenvalue weighted by Gasteiger charge is 2.10. The molecule has 2 aromatic carbocycles. The highest BCUT2D eigenvalue weighted by molar-refractivity contribution is 6.31. The summed E-state index contributed by atoms with van der Waals surface area (Å²) in [6, 6.07) is 11.1. The quantitative estimate of drug-likeness (QED) is 0.723. The minimum atomic E-state index is -0.409. The van der Waals surface area contributed by atoms with Gasteiger partial charge in [0.25, 0.3) is 0 Å². The average Bonchev–Trinajstić information content (AvgIpc) is 2.48. The average molecular weight is 307 g/mol. The molecule has 0 aliphatic heterocycles. The van der Waals surface area contributed by atoms with Gasteiger partial charge in [0.1, 0.15) is 11.6 Å². The van der Waals surface area contributed by atoms with Crippen LogP contribution in [0.3, 0.4) is 0 Å². The number of carbonyl (C=O) groups excluding carboxylic acids is 1. The lowest BCUT2D eigenvalue weighted by molar-refractivity contribution is 0.0993. The van der Waals surface area contributed by atoms with Gasteiger partial charge >= 0.3 is 0 Å². The zero-order valence-electron chi connectivity index (χ0n) is 11.7. The van der Waals surface area contributed by atoms with E-state index in [-0.39, 0.29) is 17.2 Å². The van der Waals surface area contributed by atoms with E-state index in [4.69, 9.17) is 16.3 Å². The summed E-state index contributed by atoms with van der Waals surface area (Å²) in [4.78, 5) is 12.2. The van der Waals surface area contributed by atoms with Gasteiger partial charge in [-0.3, -0.25) is 4.79 Å². The number of hydrogen-bond acceptors (Lipinski definition) is 2. The van der Waals surface area contributed by atoms with Gasteiger partial charge in [0.05, 0.1) is 6.61 Å². The number of Topliss-reactive ketones (excluding diaryl/α,β-unsaturated/α-hetero) is 1. The Hall–Kier alpha value is -1.87. The molecule has 0 spiro atoms. The maximum atomic E-state index is 13.0. The Labute approximate surface area is 128 Å². The number of carbonyl (C=O) groups is 1. The molecule has 0 heterocycles. The van der Waals surface area contributed by atoms with Crippen LogP contribution in [-0.4, -0.2) is 12.4 Å². The molecule has 0 fully saturated rings. The zero-order valence-corrected chi connectivity index (χ0v) is 12.5. The lowest BCUT2D eigenvalue weighted by atomic mass is 10.0. The van der Waals surface area contributed by atoms with E-state index < -0.39 is 5.82 Å². The minimum absolute atomic E-state index is 0.0643. The number of rotatable bonds is 6. The van der Waals surface area contributed by atoms with E-state index in [2.05, 4.69) is 0 Å². The SMILES string of the molecule is CCCOc1ccc(C(=O)Cc2ccc(F)cc2Cl)cc1. The summed E-state index contributed by atoms with van der Waals surface area (Å²) in [6.07, 6.45) is 1.08. The molecular formula is C17H16ClFO2. The lowest BCUT2D eigenvalue weighted by Crippen LogP contribution is -2.04. The molecule has 0 aliphatic carbocycles. The van der Waals surface area contributed by atoms with Gasteiger partial charge in [-0.1, -0.05) is 24.6 Å². The standard InChI is InChI=1S/C17H16ClFO2/c1-2-9-21-15-7-4-12(5-8-15)17(20)10-13-3-6-14(19)11-16(13)18/h3-8,11H,2,9-10H2,1H3. The fraction of sp³-hybridized carbons (Fsp3) is 0.235. The smallest absolute Gasteiger partial charge is 0.167 e. The summed E-state index contributed by atoms with van der Waals surface area (Å²) in [6.45, 7) is 2.68. The van der Waals surface area contributed by atoms with Crippen molar-refractivity contribution in [3.8, 4) is 5.75 Å². The largest absolute Gasteiger partial charge is 0.494 e. The van der Waals surface area contributed by atoms with Crippen molar-refractivity contribution in [2.45, 2.75) is 19.8 Å². The van der Waals surface area contributed by atoms with Crippen LogP contribution in [0.15, 0.2) is 42.5 Å². The number of ketones is 1. The van der Waals surface area contributed by atoms with Crippen molar-refractivity contribution in [1.82, 2.24) is 0 Å². The summed E-state index contributed by atoms with van der Waals surface area (Å²) in [5, 5.41) is 0.270. The minimum Gasteiger partial charge on any atom is -0.494 e. The van der Waals surface area contributed by atoms with Crippen molar-refractivity contribution in [3.05, 3.63) is 64.4 Å². The van der Waals surface area contributed by atoms with Crippen LogP contribution in [0.4, 0.5) is 4.39 Å². The molecule has 2 aromatic rings. The summed E-state index contributed by atoms with van der Waals surface area (Å²) in [5.41, 5.74) is 1.20. The normalized spacial score (nSPS) is 10.4. The summed E-state index contributed by atoms with van der Waals surface area (Å²) in [7, 11) is 0. The molecule has 0 amide bonds. The third kappa shape index (κ3) is 4.30. The van der Waals surface area contributed by atoms with Gasteiger partial charge in [0.2, 0.25) is 0 Å². The predicted octanol–water partition coefficient (Wildman–Crippen LogP) is 4.69.